The van der Waals surface area contributed by atoms with Crippen LogP contribution in [-0.4, -0.2) is 19.0 Å². The van der Waals surface area contributed by atoms with Gasteiger partial charge in [0.25, 0.3) is 0 Å². The van der Waals surface area contributed by atoms with Crippen LogP contribution in [0.3, 0.4) is 0 Å². The minimum Gasteiger partial charge on any atom is -0.349 e. The molecule has 10 heavy (non-hydrogen) atoms. The second kappa shape index (κ2) is 6.04. The highest BCUT2D eigenvalue weighted by Gasteiger charge is 1.87. The Morgan fingerprint density at radius 1 is 1.70 bits per heavy atom. The molecule has 0 aromatic rings. The van der Waals surface area contributed by atoms with E-state index in [9.17, 15) is 4.79 Å². The zero-order chi connectivity index (χ0) is 7.82. The maximum absolute atomic E-state index is 10.7. The first-order valence-corrected chi connectivity index (χ1v) is 3.06. The van der Waals surface area contributed by atoms with Crippen LogP contribution in [0.2, 0.25) is 0 Å². The molecule has 56 valence electrons. The van der Waals surface area contributed by atoms with Gasteiger partial charge < -0.3 is 11.1 Å². The van der Waals surface area contributed by atoms with E-state index < -0.39 is 0 Å². The lowest BCUT2D eigenvalue weighted by atomic mass is 10.4. The molecule has 0 aromatic heterocycles. The topological polar surface area (TPSA) is 55.1 Å². The van der Waals surface area contributed by atoms with Crippen molar-refractivity contribution in [2.75, 3.05) is 13.1 Å². The summed E-state index contributed by atoms with van der Waals surface area (Å²) in [5.74, 6) is -0.134. The fraction of sp³-hybridized carbons (Fsp3) is 0.286. The van der Waals surface area contributed by atoms with Crippen molar-refractivity contribution in [3.8, 4) is 0 Å². The van der Waals surface area contributed by atoms with Gasteiger partial charge in [-0.3, -0.25) is 4.79 Å². The van der Waals surface area contributed by atoms with Gasteiger partial charge in [-0.15, -0.1) is 6.58 Å². The van der Waals surface area contributed by atoms with Crippen molar-refractivity contribution < 1.29 is 4.79 Å². The van der Waals surface area contributed by atoms with Crippen LogP contribution >= 0.6 is 0 Å². The Hall–Kier alpha value is -1.09. The third kappa shape index (κ3) is 5.05. The molecule has 0 aliphatic carbocycles. The van der Waals surface area contributed by atoms with Crippen molar-refractivity contribution in [3.05, 3.63) is 24.8 Å². The van der Waals surface area contributed by atoms with Crippen molar-refractivity contribution in [2.24, 2.45) is 5.73 Å². The molecule has 3 nitrogen and oxygen atoms in total. The van der Waals surface area contributed by atoms with Gasteiger partial charge in [-0.1, -0.05) is 12.2 Å². The van der Waals surface area contributed by atoms with E-state index in [1.165, 1.54) is 6.08 Å². The van der Waals surface area contributed by atoms with Crippen LogP contribution in [0.25, 0.3) is 0 Å². The van der Waals surface area contributed by atoms with E-state index in [4.69, 9.17) is 5.73 Å². The summed E-state index contributed by atoms with van der Waals surface area (Å²) in [7, 11) is 0. The van der Waals surface area contributed by atoms with Crippen LogP contribution < -0.4 is 11.1 Å². The van der Waals surface area contributed by atoms with E-state index in [-0.39, 0.29) is 5.91 Å². The number of carbonyl (C=O) groups excluding carboxylic acids is 1. The highest BCUT2D eigenvalue weighted by atomic mass is 16.1. The molecule has 3 heteroatoms. The summed E-state index contributed by atoms with van der Waals surface area (Å²) in [4.78, 5) is 10.7. The maximum Gasteiger partial charge on any atom is 0.243 e. The number of amides is 1. The average Bonchev–Trinajstić information content (AvgIpc) is 1.97. The van der Waals surface area contributed by atoms with Gasteiger partial charge in [0, 0.05) is 19.2 Å². The van der Waals surface area contributed by atoms with E-state index in [1.54, 1.807) is 12.2 Å². The van der Waals surface area contributed by atoms with E-state index in [0.717, 1.165) is 0 Å². The number of carbonyl (C=O) groups is 1. The predicted octanol–water partition coefficient (Wildman–Crippen LogP) is -0.197. The van der Waals surface area contributed by atoms with E-state index in [1.807, 2.05) is 0 Å². The van der Waals surface area contributed by atoms with Gasteiger partial charge in [-0.2, -0.15) is 0 Å². The fourth-order valence-corrected chi connectivity index (χ4v) is 0.407. The molecule has 0 heterocycles. The number of hydrogen-bond acceptors (Lipinski definition) is 2. The van der Waals surface area contributed by atoms with Gasteiger partial charge in [-0.05, 0) is 0 Å². The molecular formula is C7H12N2O. The molecule has 0 bridgehead atoms. The minimum absolute atomic E-state index is 0.134. The predicted molar refractivity (Wildman–Crippen MR) is 41.4 cm³/mol. The second-order valence-corrected chi connectivity index (χ2v) is 1.67. The molecule has 0 fully saturated rings. The Morgan fingerprint density at radius 3 is 2.90 bits per heavy atom. The SMILES string of the molecule is C=CCNC(=O)/C=C/CN. The summed E-state index contributed by atoms with van der Waals surface area (Å²) in [6.45, 7) is 4.33. The first kappa shape index (κ1) is 8.91. The maximum atomic E-state index is 10.7. The normalized spacial score (nSPS) is 9.70. The summed E-state index contributed by atoms with van der Waals surface area (Å²) < 4.78 is 0. The quantitative estimate of drug-likeness (QED) is 0.420. The van der Waals surface area contributed by atoms with Crippen LogP contribution in [-0.2, 0) is 4.79 Å². The molecule has 0 atom stereocenters. The largest absolute Gasteiger partial charge is 0.349 e. The third-order valence-corrected chi connectivity index (χ3v) is 0.826. The Morgan fingerprint density at radius 2 is 2.40 bits per heavy atom. The lowest BCUT2D eigenvalue weighted by molar-refractivity contribution is -0.116. The number of nitrogens with one attached hydrogen (secondary N) is 1. The zero-order valence-electron chi connectivity index (χ0n) is 5.84. The van der Waals surface area contributed by atoms with Crippen LogP contribution in [0.15, 0.2) is 24.8 Å². The first-order chi connectivity index (χ1) is 4.81. The number of rotatable bonds is 4. The first-order valence-electron chi connectivity index (χ1n) is 3.06. The molecule has 1 amide bonds. The van der Waals surface area contributed by atoms with Gasteiger partial charge in [-0.25, -0.2) is 0 Å². The van der Waals surface area contributed by atoms with Crippen molar-refractivity contribution >= 4 is 5.91 Å². The highest BCUT2D eigenvalue weighted by Crippen LogP contribution is 1.70. The van der Waals surface area contributed by atoms with Crippen LogP contribution in [0.4, 0.5) is 0 Å². The summed E-state index contributed by atoms with van der Waals surface area (Å²) in [6.07, 6.45) is 4.62. The van der Waals surface area contributed by atoms with Gasteiger partial charge in [0.15, 0.2) is 0 Å². The van der Waals surface area contributed by atoms with E-state index >= 15 is 0 Å². The molecular weight excluding hydrogens is 128 g/mol. The molecule has 0 saturated heterocycles. The van der Waals surface area contributed by atoms with E-state index in [2.05, 4.69) is 11.9 Å². The Balaban J connectivity index is 3.43. The molecule has 0 aromatic carbocycles. The summed E-state index contributed by atoms with van der Waals surface area (Å²) in [5.41, 5.74) is 5.12. The standard InChI is InChI=1S/C7H12N2O/c1-2-6-9-7(10)4-3-5-8/h2-4H,1,5-6,8H2,(H,9,10)/b4-3+. The highest BCUT2D eigenvalue weighted by molar-refractivity contribution is 5.87. The Kier molecular flexibility index (Phi) is 5.38. The molecule has 0 spiro atoms. The number of hydrogen-bond donors (Lipinski definition) is 2. The van der Waals surface area contributed by atoms with Crippen molar-refractivity contribution in [1.29, 1.82) is 0 Å². The van der Waals surface area contributed by atoms with Gasteiger partial charge >= 0.3 is 0 Å². The van der Waals surface area contributed by atoms with E-state index in [0.29, 0.717) is 13.1 Å². The second-order valence-electron chi connectivity index (χ2n) is 1.67. The minimum atomic E-state index is -0.134. The Bertz CT molecular complexity index is 141. The number of nitrogens with two attached hydrogens (primary N) is 1. The van der Waals surface area contributed by atoms with Crippen LogP contribution in [0, 0.1) is 0 Å². The van der Waals surface area contributed by atoms with Gasteiger partial charge in [0.05, 0.1) is 0 Å². The fourth-order valence-electron chi connectivity index (χ4n) is 0.407. The summed E-state index contributed by atoms with van der Waals surface area (Å²) in [6, 6.07) is 0. The zero-order valence-corrected chi connectivity index (χ0v) is 5.84. The Labute approximate surface area is 60.6 Å². The molecule has 0 aliphatic rings. The molecule has 0 unspecified atom stereocenters. The van der Waals surface area contributed by atoms with Crippen molar-refractivity contribution in [3.63, 3.8) is 0 Å². The van der Waals surface area contributed by atoms with Crippen LogP contribution in [0.1, 0.15) is 0 Å². The van der Waals surface area contributed by atoms with Gasteiger partial charge in [0.1, 0.15) is 0 Å². The molecule has 0 aliphatic heterocycles. The lowest BCUT2D eigenvalue weighted by Crippen LogP contribution is -2.20. The lowest BCUT2D eigenvalue weighted by Gasteiger charge is -1.93. The van der Waals surface area contributed by atoms with Gasteiger partial charge in [0.2, 0.25) is 5.91 Å². The van der Waals surface area contributed by atoms with Crippen molar-refractivity contribution in [1.82, 2.24) is 5.32 Å². The summed E-state index contributed by atoms with van der Waals surface area (Å²) >= 11 is 0. The smallest absolute Gasteiger partial charge is 0.243 e. The molecule has 0 rings (SSSR count). The van der Waals surface area contributed by atoms with Crippen molar-refractivity contribution in [2.45, 2.75) is 0 Å². The summed E-state index contributed by atoms with van der Waals surface area (Å²) in [5, 5.41) is 2.57. The monoisotopic (exact) mass is 140 g/mol. The average molecular weight is 140 g/mol. The molecule has 0 saturated carbocycles. The molecule has 0 radical (unpaired) electrons. The molecule has 3 N–H and O–H groups in total. The third-order valence-electron chi connectivity index (χ3n) is 0.826. The van der Waals surface area contributed by atoms with Crippen LogP contribution in [0.5, 0.6) is 0 Å².